The minimum atomic E-state index is -4.61. The highest BCUT2D eigenvalue weighted by atomic mass is 19.4. The second-order valence-corrected chi connectivity index (χ2v) is 3.69. The lowest BCUT2D eigenvalue weighted by Crippen LogP contribution is -2.27. The number of aromatic nitrogens is 2. The molecule has 0 spiro atoms. The van der Waals surface area contributed by atoms with Crippen molar-refractivity contribution in [2.24, 2.45) is 0 Å². The van der Waals surface area contributed by atoms with E-state index in [0.29, 0.717) is 0 Å². The Labute approximate surface area is 107 Å². The Morgan fingerprint density at radius 3 is 2.37 bits per heavy atom. The summed E-state index contributed by atoms with van der Waals surface area (Å²) >= 11 is 0. The smallest absolute Gasteiger partial charge is 0.431 e. The van der Waals surface area contributed by atoms with Crippen molar-refractivity contribution < 1.29 is 17.9 Å². The van der Waals surface area contributed by atoms with Crippen LogP contribution in [0.25, 0.3) is 0 Å². The maximum Gasteiger partial charge on any atom is 0.431 e. The molecule has 0 saturated carbocycles. The highest BCUT2D eigenvalue weighted by Gasteiger charge is 2.44. The molecule has 0 aliphatic rings. The maximum absolute atomic E-state index is 13.0. The van der Waals surface area contributed by atoms with Gasteiger partial charge in [0, 0.05) is 12.4 Å². The number of nitrogens with two attached hydrogens (primary N) is 1. The first kappa shape index (κ1) is 13.1. The average molecular weight is 269 g/mol. The highest BCUT2D eigenvalue weighted by Crippen LogP contribution is 2.36. The van der Waals surface area contributed by atoms with Gasteiger partial charge in [-0.15, -0.1) is 0 Å². The van der Waals surface area contributed by atoms with Crippen molar-refractivity contribution in [2.45, 2.75) is 12.3 Å². The number of nitrogens with zero attached hydrogens (tertiary/aromatic N) is 2. The summed E-state index contributed by atoms with van der Waals surface area (Å²) in [6, 6.07) is 7.12. The molecule has 4 nitrogen and oxygen atoms in total. The molecule has 1 unspecified atom stereocenters. The molecule has 2 aromatic rings. The van der Waals surface area contributed by atoms with Crippen LogP contribution in [0.1, 0.15) is 11.8 Å². The molecule has 0 aromatic carbocycles. The highest BCUT2D eigenvalue weighted by molar-refractivity contribution is 5.47. The molecule has 0 aliphatic carbocycles. The van der Waals surface area contributed by atoms with Crippen LogP contribution in [0.4, 0.5) is 18.9 Å². The van der Waals surface area contributed by atoms with E-state index in [2.05, 4.69) is 9.97 Å². The van der Waals surface area contributed by atoms with E-state index < -0.39 is 12.3 Å². The SMILES string of the molecule is Nc1cccnc1OC(c1ccccn1)C(F)(F)F. The predicted octanol–water partition coefficient (Wildman–Crippen LogP) is 2.74. The second kappa shape index (κ2) is 5.13. The zero-order valence-electron chi connectivity index (χ0n) is 9.63. The van der Waals surface area contributed by atoms with Crippen LogP contribution in [0, 0.1) is 0 Å². The zero-order valence-corrected chi connectivity index (χ0v) is 9.63. The lowest BCUT2D eigenvalue weighted by Gasteiger charge is -2.21. The lowest BCUT2D eigenvalue weighted by molar-refractivity contribution is -0.199. The molecular formula is C12H10F3N3O. The van der Waals surface area contributed by atoms with Gasteiger partial charge in [0.05, 0.1) is 11.4 Å². The third kappa shape index (κ3) is 3.12. The molecule has 1 atom stereocenters. The molecule has 0 amide bonds. The quantitative estimate of drug-likeness (QED) is 0.930. The van der Waals surface area contributed by atoms with Gasteiger partial charge in [-0.2, -0.15) is 13.2 Å². The van der Waals surface area contributed by atoms with Gasteiger partial charge in [-0.1, -0.05) is 6.07 Å². The van der Waals surface area contributed by atoms with E-state index in [4.69, 9.17) is 10.5 Å². The number of ether oxygens (including phenoxy) is 1. The molecule has 100 valence electrons. The van der Waals surface area contributed by atoms with Crippen LogP contribution >= 0.6 is 0 Å². The van der Waals surface area contributed by atoms with Crippen LogP contribution in [-0.4, -0.2) is 16.1 Å². The van der Waals surface area contributed by atoms with Crippen molar-refractivity contribution >= 4 is 5.69 Å². The molecule has 0 fully saturated rings. The van der Waals surface area contributed by atoms with E-state index in [9.17, 15) is 13.2 Å². The molecular weight excluding hydrogens is 259 g/mol. The van der Waals surface area contributed by atoms with Crippen molar-refractivity contribution in [3.05, 3.63) is 48.4 Å². The number of hydrogen-bond acceptors (Lipinski definition) is 4. The fourth-order valence-corrected chi connectivity index (χ4v) is 1.44. The van der Waals surface area contributed by atoms with Crippen molar-refractivity contribution in [1.82, 2.24) is 9.97 Å². The van der Waals surface area contributed by atoms with Gasteiger partial charge in [0.1, 0.15) is 0 Å². The van der Waals surface area contributed by atoms with Gasteiger partial charge in [0.25, 0.3) is 0 Å². The van der Waals surface area contributed by atoms with Gasteiger partial charge >= 0.3 is 6.18 Å². The summed E-state index contributed by atoms with van der Waals surface area (Å²) in [5, 5.41) is 0. The van der Waals surface area contributed by atoms with Gasteiger partial charge in [0.2, 0.25) is 12.0 Å². The van der Waals surface area contributed by atoms with E-state index in [-0.39, 0.29) is 17.3 Å². The van der Waals surface area contributed by atoms with Gasteiger partial charge in [-0.3, -0.25) is 4.98 Å². The molecule has 0 saturated heterocycles. The summed E-state index contributed by atoms with van der Waals surface area (Å²) in [6.07, 6.45) is -4.25. The molecule has 2 aromatic heterocycles. The number of rotatable bonds is 3. The largest absolute Gasteiger partial charge is 0.457 e. The Kier molecular flexibility index (Phi) is 3.55. The third-order valence-corrected chi connectivity index (χ3v) is 2.28. The lowest BCUT2D eigenvalue weighted by atomic mass is 10.2. The standard InChI is InChI=1S/C12H10F3N3O/c13-12(14,15)10(9-5-1-2-6-17-9)19-11-8(16)4-3-7-18-11/h1-7,10H,16H2. The molecule has 19 heavy (non-hydrogen) atoms. The minimum Gasteiger partial charge on any atom is -0.457 e. The van der Waals surface area contributed by atoms with E-state index in [1.807, 2.05) is 0 Å². The molecule has 0 radical (unpaired) electrons. The summed E-state index contributed by atoms with van der Waals surface area (Å²) in [4.78, 5) is 7.34. The van der Waals surface area contributed by atoms with Crippen LogP contribution in [0.3, 0.4) is 0 Å². The molecule has 2 heterocycles. The van der Waals surface area contributed by atoms with Crippen molar-refractivity contribution in [2.75, 3.05) is 5.73 Å². The van der Waals surface area contributed by atoms with E-state index >= 15 is 0 Å². The monoisotopic (exact) mass is 269 g/mol. The number of alkyl halides is 3. The van der Waals surface area contributed by atoms with Crippen molar-refractivity contribution in [3.8, 4) is 5.88 Å². The Morgan fingerprint density at radius 1 is 1.05 bits per heavy atom. The van der Waals surface area contributed by atoms with Gasteiger partial charge in [0.15, 0.2) is 0 Å². The maximum atomic E-state index is 13.0. The number of hydrogen-bond donors (Lipinski definition) is 1. The van der Waals surface area contributed by atoms with Gasteiger partial charge < -0.3 is 10.5 Å². The Bertz CT molecular complexity index is 545. The van der Waals surface area contributed by atoms with Crippen LogP contribution in [-0.2, 0) is 0 Å². The van der Waals surface area contributed by atoms with E-state index in [1.54, 1.807) is 0 Å². The summed E-state index contributed by atoms with van der Waals surface area (Å²) < 4.78 is 43.8. The Balaban J connectivity index is 2.33. The van der Waals surface area contributed by atoms with Gasteiger partial charge in [-0.25, -0.2) is 4.98 Å². The van der Waals surface area contributed by atoms with Crippen LogP contribution in [0.15, 0.2) is 42.7 Å². The van der Waals surface area contributed by atoms with Crippen molar-refractivity contribution in [3.63, 3.8) is 0 Å². The number of pyridine rings is 2. The normalized spacial score (nSPS) is 13.0. The fraction of sp³-hybridized carbons (Fsp3) is 0.167. The van der Waals surface area contributed by atoms with Crippen LogP contribution in [0.2, 0.25) is 0 Å². The predicted molar refractivity (Wildman–Crippen MR) is 62.3 cm³/mol. The van der Waals surface area contributed by atoms with Crippen LogP contribution < -0.4 is 10.5 Å². The number of nitrogen functional groups attached to an aromatic ring is 1. The average Bonchev–Trinajstić information content (AvgIpc) is 2.37. The Morgan fingerprint density at radius 2 is 1.79 bits per heavy atom. The molecule has 7 heteroatoms. The van der Waals surface area contributed by atoms with Crippen LogP contribution in [0.5, 0.6) is 5.88 Å². The number of anilines is 1. The second-order valence-electron chi connectivity index (χ2n) is 3.69. The number of halogens is 3. The first-order valence-electron chi connectivity index (χ1n) is 5.33. The third-order valence-electron chi connectivity index (χ3n) is 2.28. The Hall–Kier alpha value is -2.31. The summed E-state index contributed by atoms with van der Waals surface area (Å²) in [5.74, 6) is -0.268. The molecule has 0 aliphatic heterocycles. The summed E-state index contributed by atoms with van der Waals surface area (Å²) in [7, 11) is 0. The minimum absolute atomic E-state index is 0.0349. The molecule has 2 rings (SSSR count). The first-order valence-corrected chi connectivity index (χ1v) is 5.33. The molecule has 2 N–H and O–H groups in total. The van der Waals surface area contributed by atoms with E-state index in [1.165, 1.54) is 42.7 Å². The zero-order chi connectivity index (χ0) is 13.9. The van der Waals surface area contributed by atoms with Gasteiger partial charge in [-0.05, 0) is 24.3 Å². The first-order chi connectivity index (χ1) is 8.98. The van der Waals surface area contributed by atoms with E-state index in [0.717, 1.165) is 0 Å². The molecule has 0 bridgehead atoms. The summed E-state index contributed by atoms with van der Waals surface area (Å²) in [5.41, 5.74) is 5.30. The fourth-order valence-electron chi connectivity index (χ4n) is 1.44. The summed E-state index contributed by atoms with van der Waals surface area (Å²) in [6.45, 7) is 0. The topological polar surface area (TPSA) is 61.0 Å². The van der Waals surface area contributed by atoms with Crippen molar-refractivity contribution in [1.29, 1.82) is 0 Å².